The molecule has 3 heteroatoms. The first-order valence-electron chi connectivity index (χ1n) is 7.00. The fourth-order valence-corrected chi connectivity index (χ4v) is 2.17. The third-order valence-corrected chi connectivity index (χ3v) is 3.46. The Labute approximate surface area is 126 Å². The van der Waals surface area contributed by atoms with Crippen molar-refractivity contribution in [3.63, 3.8) is 0 Å². The monoisotopic (exact) mass is 283 g/mol. The predicted molar refractivity (Wildman–Crippen MR) is 86.0 cm³/mol. The Kier molecular flexibility index (Phi) is 4.63. The number of rotatable bonds is 5. The summed E-state index contributed by atoms with van der Waals surface area (Å²) in [5, 5.41) is 12.4. The molecule has 0 spiro atoms. The zero-order valence-corrected chi connectivity index (χ0v) is 12.7. The average Bonchev–Trinajstić information content (AvgIpc) is 2.48. The summed E-state index contributed by atoms with van der Waals surface area (Å²) in [5.41, 5.74) is 1.53. The number of ether oxygens (including phenoxy) is 1. The summed E-state index contributed by atoms with van der Waals surface area (Å²) >= 11 is 0. The fourth-order valence-electron chi connectivity index (χ4n) is 2.17. The van der Waals surface area contributed by atoms with Crippen LogP contribution in [0.1, 0.15) is 25.0 Å². The number of methoxy groups -OCH3 is 1. The van der Waals surface area contributed by atoms with Gasteiger partial charge in [0.05, 0.1) is 7.11 Å². The van der Waals surface area contributed by atoms with Gasteiger partial charge in [-0.25, -0.2) is 4.74 Å². The predicted octanol–water partition coefficient (Wildman–Crippen LogP) is 3.65. The van der Waals surface area contributed by atoms with Crippen molar-refractivity contribution in [2.75, 3.05) is 7.11 Å². The summed E-state index contributed by atoms with van der Waals surface area (Å²) in [5.74, 6) is 0.785. The summed E-state index contributed by atoms with van der Waals surface area (Å²) in [6.07, 6.45) is 2.33. The van der Waals surface area contributed by atoms with Crippen molar-refractivity contribution >= 4 is 6.21 Å². The van der Waals surface area contributed by atoms with Crippen LogP contribution in [0.5, 0.6) is 5.75 Å². The van der Waals surface area contributed by atoms with Crippen LogP contribution in [0.15, 0.2) is 54.6 Å². The van der Waals surface area contributed by atoms with Gasteiger partial charge in [-0.2, -0.15) is 0 Å². The van der Waals surface area contributed by atoms with Crippen molar-refractivity contribution in [1.29, 1.82) is 0 Å². The van der Waals surface area contributed by atoms with E-state index in [2.05, 4.69) is 0 Å². The lowest BCUT2D eigenvalue weighted by atomic mass is 9.95. The van der Waals surface area contributed by atoms with Gasteiger partial charge in [-0.3, -0.25) is 0 Å². The molecule has 0 aliphatic rings. The van der Waals surface area contributed by atoms with Crippen LogP contribution in [0, 0.1) is 5.21 Å². The summed E-state index contributed by atoms with van der Waals surface area (Å²) in [7, 11) is 1.63. The molecule has 0 fully saturated rings. The minimum atomic E-state index is -0.499. The Morgan fingerprint density at radius 3 is 2.24 bits per heavy atom. The molecule has 0 aliphatic heterocycles. The van der Waals surface area contributed by atoms with Crippen LogP contribution in [-0.4, -0.2) is 23.6 Å². The summed E-state index contributed by atoms with van der Waals surface area (Å²) in [4.78, 5) is 0. The fraction of sp³-hybridized carbons (Fsp3) is 0.278. The van der Waals surface area contributed by atoms with Crippen molar-refractivity contribution in [2.45, 2.75) is 25.8 Å². The van der Waals surface area contributed by atoms with E-state index in [0.717, 1.165) is 21.6 Å². The van der Waals surface area contributed by atoms with Gasteiger partial charge < -0.3 is 9.94 Å². The molecule has 0 radical (unpaired) electrons. The van der Waals surface area contributed by atoms with Crippen molar-refractivity contribution in [1.82, 2.24) is 0 Å². The van der Waals surface area contributed by atoms with E-state index in [9.17, 15) is 5.21 Å². The molecular weight excluding hydrogens is 262 g/mol. The number of hydrogen-bond donors (Lipinski definition) is 0. The lowest BCUT2D eigenvalue weighted by molar-refractivity contribution is -0.535. The Balaban J connectivity index is 2.15. The number of benzene rings is 2. The Morgan fingerprint density at radius 1 is 1.05 bits per heavy atom. The Hall–Kier alpha value is -2.29. The maximum absolute atomic E-state index is 12.4. The van der Waals surface area contributed by atoms with E-state index in [1.807, 2.05) is 68.4 Å². The van der Waals surface area contributed by atoms with Gasteiger partial charge in [0, 0.05) is 25.8 Å². The number of hydrogen-bond acceptors (Lipinski definition) is 2. The van der Waals surface area contributed by atoms with E-state index in [0.29, 0.717) is 6.42 Å². The molecular formula is C18H21NO2. The quantitative estimate of drug-likeness (QED) is 0.363. The molecule has 2 aromatic rings. The first kappa shape index (κ1) is 15.1. The molecule has 0 unspecified atom stereocenters. The normalized spacial score (nSPS) is 12.2. The third kappa shape index (κ3) is 4.09. The first-order chi connectivity index (χ1) is 10.0. The van der Waals surface area contributed by atoms with Gasteiger partial charge >= 0.3 is 0 Å². The van der Waals surface area contributed by atoms with Crippen molar-refractivity contribution in [3.05, 3.63) is 70.9 Å². The van der Waals surface area contributed by atoms with E-state index in [4.69, 9.17) is 4.74 Å². The molecule has 110 valence electrons. The van der Waals surface area contributed by atoms with Crippen LogP contribution in [0.3, 0.4) is 0 Å². The maximum Gasteiger partial charge on any atom is 0.182 e. The molecule has 2 aromatic carbocycles. The third-order valence-electron chi connectivity index (χ3n) is 3.46. The highest BCUT2D eigenvalue weighted by molar-refractivity contribution is 5.76. The van der Waals surface area contributed by atoms with Gasteiger partial charge in [-0.05, 0) is 29.8 Å². The molecule has 0 saturated carbocycles. The molecule has 0 aromatic heterocycles. The summed E-state index contributed by atoms with van der Waals surface area (Å²) in [6, 6.07) is 17.5. The van der Waals surface area contributed by atoms with Crippen LogP contribution < -0.4 is 4.74 Å². The standard InChI is InChI=1S/C18H21NO2/c1-18(2,13-15-7-5-4-6-8-15)19(20)14-16-9-11-17(21-3)12-10-16/h4-12,14H,13H2,1-3H3/b19-14-. The minimum Gasteiger partial charge on any atom is -0.623 e. The van der Waals surface area contributed by atoms with Gasteiger partial charge in [-0.1, -0.05) is 30.3 Å². The van der Waals surface area contributed by atoms with Gasteiger partial charge in [0.1, 0.15) is 5.75 Å². The van der Waals surface area contributed by atoms with Gasteiger partial charge in [-0.15, -0.1) is 0 Å². The molecule has 0 amide bonds. The van der Waals surface area contributed by atoms with E-state index < -0.39 is 5.54 Å². The lowest BCUT2D eigenvalue weighted by Crippen LogP contribution is -2.35. The zero-order chi connectivity index (χ0) is 15.3. The average molecular weight is 283 g/mol. The van der Waals surface area contributed by atoms with Crippen molar-refractivity contribution < 1.29 is 9.48 Å². The maximum atomic E-state index is 12.4. The SMILES string of the molecule is COc1ccc(/C=[N+](\[O-])C(C)(C)Cc2ccccc2)cc1. The van der Waals surface area contributed by atoms with Crippen LogP contribution in [0.2, 0.25) is 0 Å². The molecule has 21 heavy (non-hydrogen) atoms. The van der Waals surface area contributed by atoms with Crippen LogP contribution >= 0.6 is 0 Å². The minimum absolute atomic E-state index is 0.499. The van der Waals surface area contributed by atoms with Crippen molar-refractivity contribution in [2.24, 2.45) is 0 Å². The van der Waals surface area contributed by atoms with Gasteiger partial charge in [0.2, 0.25) is 0 Å². The van der Waals surface area contributed by atoms with E-state index in [1.54, 1.807) is 13.3 Å². The highest BCUT2D eigenvalue weighted by Gasteiger charge is 2.26. The Bertz CT molecular complexity index is 601. The molecule has 0 atom stereocenters. The second kappa shape index (κ2) is 6.44. The van der Waals surface area contributed by atoms with E-state index >= 15 is 0 Å². The Morgan fingerprint density at radius 2 is 1.67 bits per heavy atom. The highest BCUT2D eigenvalue weighted by atomic mass is 16.5. The number of nitrogens with zero attached hydrogens (tertiary/aromatic N) is 1. The van der Waals surface area contributed by atoms with Crippen LogP contribution in [0.4, 0.5) is 0 Å². The van der Waals surface area contributed by atoms with Gasteiger partial charge in [0.15, 0.2) is 11.8 Å². The first-order valence-corrected chi connectivity index (χ1v) is 7.00. The summed E-state index contributed by atoms with van der Waals surface area (Å²) < 4.78 is 6.14. The second-order valence-electron chi connectivity index (χ2n) is 5.70. The molecule has 3 nitrogen and oxygen atoms in total. The summed E-state index contributed by atoms with van der Waals surface area (Å²) in [6.45, 7) is 3.90. The van der Waals surface area contributed by atoms with Crippen molar-refractivity contribution in [3.8, 4) is 5.75 Å². The molecule has 2 rings (SSSR count). The molecule has 0 aliphatic carbocycles. The number of hydroxylamine groups is 1. The highest BCUT2D eigenvalue weighted by Crippen LogP contribution is 2.17. The van der Waals surface area contributed by atoms with Crippen LogP contribution in [0.25, 0.3) is 0 Å². The zero-order valence-electron chi connectivity index (χ0n) is 12.7. The molecule has 0 bridgehead atoms. The smallest absolute Gasteiger partial charge is 0.182 e. The van der Waals surface area contributed by atoms with Gasteiger partial charge in [0.25, 0.3) is 0 Å². The lowest BCUT2D eigenvalue weighted by Gasteiger charge is -2.24. The molecule has 0 heterocycles. The van der Waals surface area contributed by atoms with E-state index in [1.165, 1.54) is 0 Å². The van der Waals surface area contributed by atoms with E-state index in [-0.39, 0.29) is 0 Å². The largest absolute Gasteiger partial charge is 0.623 e. The topological polar surface area (TPSA) is 35.3 Å². The molecule has 0 saturated heterocycles. The molecule has 0 N–H and O–H groups in total. The van der Waals surface area contributed by atoms with Crippen LogP contribution in [-0.2, 0) is 6.42 Å². The second-order valence-corrected chi connectivity index (χ2v) is 5.70.